The molecule has 3 aromatic rings. The fourth-order valence-electron chi connectivity index (χ4n) is 4.06. The van der Waals surface area contributed by atoms with E-state index in [2.05, 4.69) is 69.5 Å². The Labute approximate surface area is 190 Å². The average molecular weight is 506 g/mol. The highest BCUT2D eigenvalue weighted by Gasteiger charge is 2.26. The predicted octanol–water partition coefficient (Wildman–Crippen LogP) is 3.84. The van der Waals surface area contributed by atoms with Gasteiger partial charge in [-0.2, -0.15) is 5.10 Å². The second kappa shape index (κ2) is 10.1. The topological polar surface area (TPSA) is 50.4 Å². The van der Waals surface area contributed by atoms with Crippen molar-refractivity contribution in [3.8, 4) is 0 Å². The molecular weight excluding hydrogens is 475 g/mol. The zero-order valence-electron chi connectivity index (χ0n) is 17.3. The van der Waals surface area contributed by atoms with Crippen molar-refractivity contribution >= 4 is 40.8 Å². The molecule has 1 atom stereocenters. The number of fused-ring (bicyclic) bond motifs is 1. The number of hydrogen-bond donors (Lipinski definition) is 1. The summed E-state index contributed by atoms with van der Waals surface area (Å²) in [7, 11) is 1.98. The molecule has 1 aromatic carbocycles. The van der Waals surface area contributed by atoms with Gasteiger partial charge in [-0.1, -0.05) is 18.2 Å². The van der Waals surface area contributed by atoms with Gasteiger partial charge in [0.2, 0.25) is 0 Å². The van der Waals surface area contributed by atoms with Crippen LogP contribution in [0.2, 0.25) is 0 Å². The summed E-state index contributed by atoms with van der Waals surface area (Å²) in [6.07, 6.45) is 8.51. The molecule has 29 heavy (non-hydrogen) atoms. The normalized spacial score (nSPS) is 17.0. The van der Waals surface area contributed by atoms with Crippen LogP contribution in [0, 0.1) is 0 Å². The number of nitrogens with one attached hydrogen (secondary N) is 1. The number of benzene rings is 1. The molecule has 1 aliphatic heterocycles. The van der Waals surface area contributed by atoms with Crippen LogP contribution in [0.3, 0.4) is 0 Å². The average Bonchev–Trinajstić information content (AvgIpc) is 3.44. The molecule has 0 radical (unpaired) electrons. The van der Waals surface area contributed by atoms with Crippen LogP contribution in [0.15, 0.2) is 53.9 Å². The summed E-state index contributed by atoms with van der Waals surface area (Å²) in [5.74, 6) is 1.59. The Morgan fingerprint density at radius 3 is 2.93 bits per heavy atom. The van der Waals surface area contributed by atoms with Crippen LogP contribution in [0.5, 0.6) is 0 Å². The molecule has 1 fully saturated rings. The molecule has 7 heteroatoms. The minimum atomic E-state index is 0. The maximum atomic E-state index is 4.91. The number of hydrogen-bond acceptors (Lipinski definition) is 2. The Balaban J connectivity index is 0.00000240. The van der Waals surface area contributed by atoms with Gasteiger partial charge in [0.15, 0.2) is 5.96 Å². The molecule has 0 spiro atoms. The molecule has 1 N–H and O–H groups in total. The molecule has 1 saturated heterocycles. The van der Waals surface area contributed by atoms with Gasteiger partial charge in [0.1, 0.15) is 0 Å². The monoisotopic (exact) mass is 506 g/mol. The molecule has 2 aromatic heterocycles. The summed E-state index contributed by atoms with van der Waals surface area (Å²) in [5, 5.41) is 9.10. The van der Waals surface area contributed by atoms with Gasteiger partial charge in [0, 0.05) is 63.6 Å². The van der Waals surface area contributed by atoms with E-state index < -0.39 is 0 Å². The van der Waals surface area contributed by atoms with Crippen molar-refractivity contribution in [3.05, 3.63) is 54.5 Å². The third-order valence-electron chi connectivity index (χ3n) is 5.52. The van der Waals surface area contributed by atoms with E-state index in [1.807, 2.05) is 17.9 Å². The van der Waals surface area contributed by atoms with Crippen molar-refractivity contribution < 1.29 is 0 Å². The molecule has 6 nitrogen and oxygen atoms in total. The van der Waals surface area contributed by atoms with E-state index in [0.29, 0.717) is 5.92 Å². The minimum absolute atomic E-state index is 0. The maximum Gasteiger partial charge on any atom is 0.193 e. The number of aryl methyl sites for hydroxylation is 2. The van der Waals surface area contributed by atoms with Crippen LogP contribution in [0.1, 0.15) is 31.2 Å². The highest BCUT2D eigenvalue weighted by molar-refractivity contribution is 14.0. The molecule has 0 bridgehead atoms. The number of guanidine groups is 1. The van der Waals surface area contributed by atoms with Gasteiger partial charge >= 0.3 is 0 Å². The maximum absolute atomic E-state index is 4.91. The lowest BCUT2D eigenvalue weighted by molar-refractivity contribution is 0.485. The van der Waals surface area contributed by atoms with Gasteiger partial charge in [0.25, 0.3) is 0 Å². The van der Waals surface area contributed by atoms with Crippen molar-refractivity contribution in [2.45, 2.75) is 32.2 Å². The largest absolute Gasteiger partial charge is 0.357 e. The summed E-state index contributed by atoms with van der Waals surface area (Å²) in [4.78, 5) is 7.30. The summed E-state index contributed by atoms with van der Waals surface area (Å²) in [6, 6.07) is 10.7. The highest BCUT2D eigenvalue weighted by Crippen LogP contribution is 2.26. The van der Waals surface area contributed by atoms with Crippen LogP contribution >= 0.6 is 24.0 Å². The van der Waals surface area contributed by atoms with E-state index in [1.165, 1.54) is 16.5 Å². The highest BCUT2D eigenvalue weighted by atomic mass is 127. The number of likely N-dealkylation sites (tertiary alicyclic amines) is 1. The van der Waals surface area contributed by atoms with Crippen molar-refractivity contribution in [2.75, 3.05) is 26.2 Å². The summed E-state index contributed by atoms with van der Waals surface area (Å²) >= 11 is 0. The Kier molecular flexibility index (Phi) is 7.57. The molecule has 1 aliphatic rings. The lowest BCUT2D eigenvalue weighted by atomic mass is 10.0. The molecule has 3 heterocycles. The molecule has 1 unspecified atom stereocenters. The first-order valence-corrected chi connectivity index (χ1v) is 10.3. The summed E-state index contributed by atoms with van der Waals surface area (Å²) in [6.45, 7) is 6.93. The lowest BCUT2D eigenvalue weighted by Gasteiger charge is -2.21. The fourth-order valence-corrected chi connectivity index (χ4v) is 4.06. The third kappa shape index (κ3) is 5.12. The number of aliphatic imine (C=N–C) groups is 1. The first kappa shape index (κ1) is 21.7. The molecule has 0 saturated carbocycles. The van der Waals surface area contributed by atoms with Gasteiger partial charge < -0.3 is 14.8 Å². The second-order valence-corrected chi connectivity index (χ2v) is 7.54. The molecular formula is C22H31IN6. The van der Waals surface area contributed by atoms with Crippen LogP contribution < -0.4 is 5.32 Å². The van der Waals surface area contributed by atoms with E-state index in [4.69, 9.17) is 4.99 Å². The van der Waals surface area contributed by atoms with Crippen LogP contribution in [0.4, 0.5) is 0 Å². The van der Waals surface area contributed by atoms with Gasteiger partial charge in [-0.3, -0.25) is 9.67 Å². The van der Waals surface area contributed by atoms with E-state index in [1.54, 1.807) is 0 Å². The molecule has 156 valence electrons. The Morgan fingerprint density at radius 1 is 1.28 bits per heavy atom. The summed E-state index contributed by atoms with van der Waals surface area (Å²) < 4.78 is 4.22. The SMILES string of the molecule is CCNC(=NCCCn1ccc2ccccc21)N1CCC(c2cnn(C)c2)C1.I. The quantitative estimate of drug-likeness (QED) is 0.239. The first-order chi connectivity index (χ1) is 13.7. The number of aromatic nitrogens is 3. The Hall–Kier alpha value is -2.03. The van der Waals surface area contributed by atoms with Gasteiger partial charge in [-0.15, -0.1) is 24.0 Å². The zero-order valence-corrected chi connectivity index (χ0v) is 19.6. The molecule has 4 rings (SSSR count). The van der Waals surface area contributed by atoms with Crippen molar-refractivity contribution in [3.63, 3.8) is 0 Å². The Bertz CT molecular complexity index is 944. The standard InChI is InChI=1S/C22H30N6.HI/c1-3-23-22(28-14-10-19(17-28)20-15-25-26(2)16-20)24-11-6-12-27-13-9-18-7-4-5-8-21(18)27;/h4-5,7-9,13,15-16,19H,3,6,10-12,14,17H2,1-2H3,(H,23,24);1H. The first-order valence-electron chi connectivity index (χ1n) is 10.3. The zero-order chi connectivity index (χ0) is 19.3. The van der Waals surface area contributed by atoms with Crippen LogP contribution in [-0.2, 0) is 13.6 Å². The van der Waals surface area contributed by atoms with Crippen molar-refractivity contribution in [1.82, 2.24) is 24.6 Å². The van der Waals surface area contributed by atoms with Gasteiger partial charge in [-0.05, 0) is 42.8 Å². The lowest BCUT2D eigenvalue weighted by Crippen LogP contribution is -2.40. The van der Waals surface area contributed by atoms with Gasteiger partial charge in [-0.25, -0.2) is 0 Å². The minimum Gasteiger partial charge on any atom is -0.357 e. The third-order valence-corrected chi connectivity index (χ3v) is 5.52. The predicted molar refractivity (Wildman–Crippen MR) is 130 cm³/mol. The second-order valence-electron chi connectivity index (χ2n) is 7.54. The smallest absolute Gasteiger partial charge is 0.193 e. The molecule has 0 aliphatic carbocycles. The fraction of sp³-hybridized carbons (Fsp3) is 0.455. The molecule has 0 amide bonds. The van der Waals surface area contributed by atoms with E-state index in [-0.39, 0.29) is 24.0 Å². The van der Waals surface area contributed by atoms with E-state index in [9.17, 15) is 0 Å². The van der Waals surface area contributed by atoms with E-state index >= 15 is 0 Å². The van der Waals surface area contributed by atoms with Gasteiger partial charge in [0.05, 0.1) is 6.20 Å². The number of halogens is 1. The van der Waals surface area contributed by atoms with E-state index in [0.717, 1.165) is 51.5 Å². The van der Waals surface area contributed by atoms with Crippen LogP contribution in [-0.4, -0.2) is 51.4 Å². The summed E-state index contributed by atoms with van der Waals surface area (Å²) in [5.41, 5.74) is 2.64. The van der Waals surface area contributed by atoms with Crippen molar-refractivity contribution in [2.24, 2.45) is 12.0 Å². The van der Waals surface area contributed by atoms with Crippen LogP contribution in [0.25, 0.3) is 10.9 Å². The Morgan fingerprint density at radius 2 is 2.14 bits per heavy atom. The number of rotatable bonds is 6. The number of para-hydroxylation sites is 1. The van der Waals surface area contributed by atoms with Crippen molar-refractivity contribution in [1.29, 1.82) is 0 Å². The number of nitrogens with zero attached hydrogens (tertiary/aromatic N) is 5.